The number of hydrogen-bond acceptors (Lipinski definition) is 0. The van der Waals surface area contributed by atoms with Gasteiger partial charge in [-0.2, -0.15) is 24.3 Å². The van der Waals surface area contributed by atoms with E-state index in [0.717, 1.165) is 0 Å². The molecule has 0 radical (unpaired) electrons. The summed E-state index contributed by atoms with van der Waals surface area (Å²) in [6.07, 6.45) is 0. The Morgan fingerprint density at radius 3 is 0.871 bits per heavy atom. The zero-order chi connectivity index (χ0) is 22.0. The summed E-state index contributed by atoms with van der Waals surface area (Å²) in [5.41, 5.74) is 0. The molecule has 0 saturated carbocycles. The Morgan fingerprint density at radius 1 is 0.516 bits per heavy atom. The molecule has 2 aromatic carbocycles. The topological polar surface area (TPSA) is 0 Å². The maximum Gasteiger partial charge on any atom is 2.00 e. The molecule has 0 heterocycles. The van der Waals surface area contributed by atoms with Gasteiger partial charge in [-0.3, -0.25) is 0 Å². The number of hydrogen-bond donors (Lipinski definition) is 0. The Morgan fingerprint density at radius 2 is 0.742 bits per heavy atom. The van der Waals surface area contributed by atoms with Crippen LogP contribution in [0, 0.1) is 14.9 Å². The molecule has 0 fully saturated rings. The van der Waals surface area contributed by atoms with Crippen molar-refractivity contribution >= 4 is 26.5 Å². The Kier molecular flexibility index (Phi) is 15.1. The van der Waals surface area contributed by atoms with Crippen LogP contribution in [0.1, 0.15) is 83.1 Å². The summed E-state index contributed by atoms with van der Waals surface area (Å²) < 4.78 is 0. The first-order chi connectivity index (χ1) is 12.5. The van der Waals surface area contributed by atoms with Gasteiger partial charge < -0.3 is 14.9 Å². The largest absolute Gasteiger partial charge is 2.00 e. The van der Waals surface area contributed by atoms with Crippen LogP contribution in [0.4, 0.5) is 0 Å². The quantitative estimate of drug-likeness (QED) is 0.217. The van der Waals surface area contributed by atoms with Crippen molar-refractivity contribution < 1.29 is 17.1 Å². The molecule has 0 unspecified atom stereocenters. The summed E-state index contributed by atoms with van der Waals surface area (Å²) in [6, 6.07) is 17.7. The van der Waals surface area contributed by atoms with Gasteiger partial charge in [-0.15, -0.1) is 10.6 Å². The van der Waals surface area contributed by atoms with Gasteiger partial charge in [0.25, 0.3) is 0 Å². The van der Waals surface area contributed by atoms with E-state index < -0.39 is 0 Å². The molecule has 0 N–H and O–H groups in total. The van der Waals surface area contributed by atoms with Crippen molar-refractivity contribution in [2.75, 3.05) is 0 Å². The third-order valence-electron chi connectivity index (χ3n) is 4.49. The molecule has 31 heavy (non-hydrogen) atoms. The second-order valence-corrected chi connectivity index (χ2v) is 19.4. The molecule has 0 saturated heterocycles. The van der Waals surface area contributed by atoms with Gasteiger partial charge in [0, 0.05) is 0 Å². The van der Waals surface area contributed by atoms with Gasteiger partial charge in [0.05, 0.1) is 0 Å². The monoisotopic (exact) mass is 504 g/mol. The van der Waals surface area contributed by atoms with E-state index in [1.54, 1.807) is 10.6 Å². The van der Waals surface area contributed by atoms with Crippen molar-refractivity contribution in [2.24, 2.45) is 0 Å². The minimum absolute atomic E-state index is 0. The third kappa shape index (κ3) is 11.2. The van der Waals surface area contributed by atoms with Crippen LogP contribution in [-0.4, -0.2) is 20.6 Å². The molecular weight excluding hydrogens is 454 g/mol. The van der Waals surface area contributed by atoms with Crippen molar-refractivity contribution in [1.29, 1.82) is 0 Å². The molecule has 0 bridgehead atoms. The van der Waals surface area contributed by atoms with Gasteiger partial charge in [0.2, 0.25) is 0 Å². The van der Waals surface area contributed by atoms with Gasteiger partial charge in [-0.25, -0.2) is 24.3 Å². The average molecular weight is 505 g/mol. The molecule has 3 heteroatoms. The minimum atomic E-state index is -0.101. The first kappa shape index (κ1) is 35.7. The molecule has 0 amide bonds. The fourth-order valence-corrected chi connectivity index (χ4v) is 12.7. The zero-order valence-electron chi connectivity index (χ0n) is 22.9. The van der Waals surface area contributed by atoms with Crippen molar-refractivity contribution in [3.05, 3.63) is 63.4 Å². The standard InChI is InChI=1S/2C13H22P.2CH3.Fe/c2*1-12(2,3)14(13(4,5)6)11-9-7-8-10-11;;;/h2*7-10H,1-6H3;2*1H3;/q4*-1;+2. The van der Waals surface area contributed by atoms with E-state index in [1.807, 2.05) is 0 Å². The normalized spacial score (nSPS) is 12.3. The average Bonchev–Trinajstić information content (AvgIpc) is 3.06. The molecule has 0 aliphatic rings. The van der Waals surface area contributed by atoms with Crippen molar-refractivity contribution in [3.8, 4) is 0 Å². The summed E-state index contributed by atoms with van der Waals surface area (Å²) >= 11 is 0. The van der Waals surface area contributed by atoms with Gasteiger partial charge in [-0.1, -0.05) is 98.9 Å². The van der Waals surface area contributed by atoms with Crippen molar-refractivity contribution in [1.82, 2.24) is 0 Å². The third-order valence-corrected chi connectivity index (χ3v) is 11.5. The summed E-state index contributed by atoms with van der Waals surface area (Å²) in [5.74, 6) is 0. The van der Waals surface area contributed by atoms with Crippen LogP contribution in [0.3, 0.4) is 0 Å². The van der Waals surface area contributed by atoms with Crippen molar-refractivity contribution in [3.63, 3.8) is 0 Å². The first-order valence-electron chi connectivity index (χ1n) is 10.5. The van der Waals surface area contributed by atoms with Crippen LogP contribution < -0.4 is 10.6 Å². The maximum atomic E-state index is 2.36. The van der Waals surface area contributed by atoms with Gasteiger partial charge in [-0.05, 0) is 20.6 Å². The van der Waals surface area contributed by atoms with Crippen LogP contribution in [0.5, 0.6) is 0 Å². The fraction of sp³-hybridized carbons (Fsp3) is 0.571. The van der Waals surface area contributed by atoms with Crippen molar-refractivity contribution in [2.45, 2.75) is 104 Å². The molecule has 182 valence electrons. The number of rotatable bonds is 2. The van der Waals surface area contributed by atoms with Gasteiger partial charge in [0.1, 0.15) is 0 Å². The first-order valence-corrected chi connectivity index (χ1v) is 13.2. The Balaban J connectivity index is -0.000000461. The van der Waals surface area contributed by atoms with E-state index in [2.05, 4.69) is 132 Å². The SMILES string of the molecule is CC(C)(C)P(c1ccc[cH-]1)C(C)(C)C.CC(C)(C)P(c1ccc[cH-]1)C(C)(C)C.[CH3-].[CH3-].[Fe+2]. The van der Waals surface area contributed by atoms with Gasteiger partial charge in [0.15, 0.2) is 0 Å². The Hall–Kier alpha value is 0.0795. The smallest absolute Gasteiger partial charge is 0.358 e. The van der Waals surface area contributed by atoms with E-state index in [9.17, 15) is 0 Å². The van der Waals surface area contributed by atoms with Crippen LogP contribution in [0.15, 0.2) is 48.5 Å². The molecule has 0 aliphatic heterocycles. The molecule has 0 atom stereocenters. The predicted octanol–water partition coefficient (Wildman–Crippen LogP) is 9.12. The van der Waals surface area contributed by atoms with Gasteiger partial charge >= 0.3 is 17.1 Å². The molecule has 0 aliphatic carbocycles. The zero-order valence-corrected chi connectivity index (χ0v) is 25.8. The van der Waals surface area contributed by atoms with Crippen LogP contribution >= 0.6 is 15.8 Å². The maximum absolute atomic E-state index is 2.36. The van der Waals surface area contributed by atoms with Crippen LogP contribution in [0.2, 0.25) is 0 Å². The minimum Gasteiger partial charge on any atom is -0.358 e. The Labute approximate surface area is 210 Å². The van der Waals surface area contributed by atoms with E-state index in [4.69, 9.17) is 0 Å². The second-order valence-electron chi connectivity index (χ2n) is 11.6. The van der Waals surface area contributed by atoms with Crippen LogP contribution in [0.25, 0.3) is 0 Å². The fourth-order valence-electron chi connectivity index (χ4n) is 4.59. The summed E-state index contributed by atoms with van der Waals surface area (Å²) in [5, 5.41) is 4.65. The molecule has 2 rings (SSSR count). The summed E-state index contributed by atoms with van der Waals surface area (Å²) in [7, 11) is -0.202. The van der Waals surface area contributed by atoms with E-state index in [-0.39, 0.29) is 47.8 Å². The summed E-state index contributed by atoms with van der Waals surface area (Å²) in [4.78, 5) is 0. The molecule has 0 spiro atoms. The van der Waals surface area contributed by atoms with Crippen LogP contribution in [-0.2, 0) is 17.1 Å². The second kappa shape index (κ2) is 13.1. The Bertz CT molecular complexity index is 579. The molecule has 0 aromatic heterocycles. The molecule has 0 nitrogen and oxygen atoms in total. The summed E-state index contributed by atoms with van der Waals surface area (Å²) in [6.45, 7) is 28.3. The van der Waals surface area contributed by atoms with E-state index >= 15 is 0 Å². The van der Waals surface area contributed by atoms with E-state index in [1.165, 1.54) is 0 Å². The molecule has 2 aromatic rings. The molecular formula is C28H50FeP2-2. The van der Waals surface area contributed by atoms with E-state index in [0.29, 0.717) is 20.6 Å². The predicted molar refractivity (Wildman–Crippen MR) is 149 cm³/mol.